The molecule has 0 radical (unpaired) electrons. The average molecular weight is 245 g/mol. The summed E-state index contributed by atoms with van der Waals surface area (Å²) >= 11 is 3.07. The van der Waals surface area contributed by atoms with Gasteiger partial charge in [0.2, 0.25) is 0 Å². The van der Waals surface area contributed by atoms with Crippen LogP contribution >= 0.6 is 15.9 Å². The molecule has 70 valence electrons. The Morgan fingerprint density at radius 3 is 2.23 bits per heavy atom. The van der Waals surface area contributed by atoms with E-state index >= 15 is 0 Å². The van der Waals surface area contributed by atoms with Crippen molar-refractivity contribution in [1.29, 1.82) is 0 Å². The Kier molecular flexibility index (Phi) is 2.93. The minimum Gasteiger partial charge on any atom is -0.507 e. The molecule has 0 spiro atoms. The third-order valence-electron chi connectivity index (χ3n) is 1.63. The Morgan fingerprint density at radius 1 is 1.38 bits per heavy atom. The smallest absolute Gasteiger partial charge is 0.183 e. The van der Waals surface area contributed by atoms with Crippen LogP contribution in [0.3, 0.4) is 0 Å². The van der Waals surface area contributed by atoms with Crippen molar-refractivity contribution in [2.75, 3.05) is 0 Å². The SMILES string of the molecule is CC(Br)C(=O)c1c(O)cccc1O. The summed E-state index contributed by atoms with van der Waals surface area (Å²) in [4.78, 5) is 11.0. The van der Waals surface area contributed by atoms with Crippen LogP contribution in [0, 0.1) is 0 Å². The molecule has 0 aliphatic heterocycles. The van der Waals surface area contributed by atoms with E-state index in [1.807, 2.05) is 0 Å². The normalized spacial score (nSPS) is 12.5. The predicted molar refractivity (Wildman–Crippen MR) is 52.5 cm³/mol. The van der Waals surface area contributed by atoms with E-state index in [1.54, 1.807) is 6.92 Å². The first-order chi connectivity index (χ1) is 6.04. The van der Waals surface area contributed by atoms with Gasteiger partial charge >= 0.3 is 0 Å². The molecule has 0 heterocycles. The van der Waals surface area contributed by atoms with E-state index in [0.29, 0.717) is 0 Å². The Morgan fingerprint density at radius 2 is 1.85 bits per heavy atom. The number of alkyl halides is 1. The van der Waals surface area contributed by atoms with E-state index in [4.69, 9.17) is 0 Å². The molecule has 1 aromatic rings. The Hall–Kier alpha value is -1.03. The number of aromatic hydroxyl groups is 2. The van der Waals surface area contributed by atoms with Gasteiger partial charge in [-0.3, -0.25) is 4.79 Å². The van der Waals surface area contributed by atoms with Gasteiger partial charge in [0, 0.05) is 0 Å². The van der Waals surface area contributed by atoms with Crippen LogP contribution in [-0.4, -0.2) is 20.8 Å². The third kappa shape index (κ3) is 2.01. The molecule has 0 saturated carbocycles. The summed E-state index contributed by atoms with van der Waals surface area (Å²) in [6.07, 6.45) is 0. The summed E-state index contributed by atoms with van der Waals surface area (Å²) in [6, 6.07) is 4.20. The lowest BCUT2D eigenvalue weighted by molar-refractivity contribution is 0.0990. The van der Waals surface area contributed by atoms with E-state index in [1.165, 1.54) is 18.2 Å². The van der Waals surface area contributed by atoms with Gasteiger partial charge in [-0.25, -0.2) is 0 Å². The van der Waals surface area contributed by atoms with Gasteiger partial charge in [0.15, 0.2) is 5.78 Å². The van der Waals surface area contributed by atoms with Crippen LogP contribution in [0.2, 0.25) is 0 Å². The topological polar surface area (TPSA) is 57.5 Å². The number of phenolic OH excluding ortho intramolecular Hbond substituents is 2. The van der Waals surface area contributed by atoms with Crippen molar-refractivity contribution in [1.82, 2.24) is 0 Å². The van der Waals surface area contributed by atoms with Gasteiger partial charge in [-0.1, -0.05) is 22.0 Å². The lowest BCUT2D eigenvalue weighted by Crippen LogP contribution is -2.10. The summed E-state index contributed by atoms with van der Waals surface area (Å²) in [7, 11) is 0. The number of ketones is 1. The third-order valence-corrected chi connectivity index (χ3v) is 2.04. The molecule has 1 aromatic carbocycles. The number of benzene rings is 1. The molecule has 1 rings (SSSR count). The first kappa shape index (κ1) is 10.1. The zero-order valence-corrected chi connectivity index (χ0v) is 8.58. The van der Waals surface area contributed by atoms with E-state index in [9.17, 15) is 15.0 Å². The second-order valence-electron chi connectivity index (χ2n) is 2.65. The molecule has 0 aliphatic carbocycles. The van der Waals surface area contributed by atoms with Gasteiger partial charge in [-0.05, 0) is 19.1 Å². The lowest BCUT2D eigenvalue weighted by atomic mass is 10.1. The zero-order valence-electron chi connectivity index (χ0n) is 6.99. The summed E-state index contributed by atoms with van der Waals surface area (Å²) in [5.74, 6) is -0.733. The maximum atomic E-state index is 11.4. The molecular formula is C9H9BrO3. The highest BCUT2D eigenvalue weighted by Gasteiger charge is 2.19. The van der Waals surface area contributed by atoms with Gasteiger partial charge in [0.25, 0.3) is 0 Å². The Bertz CT molecular complexity index is 313. The van der Waals surface area contributed by atoms with Crippen molar-refractivity contribution in [3.63, 3.8) is 0 Å². The molecule has 0 fully saturated rings. The standard InChI is InChI=1S/C9H9BrO3/c1-5(10)9(13)8-6(11)3-2-4-7(8)12/h2-5,11-12H,1H3. The van der Waals surface area contributed by atoms with Crippen molar-refractivity contribution in [3.8, 4) is 11.5 Å². The number of carbonyl (C=O) groups is 1. The molecule has 1 atom stereocenters. The molecule has 0 aromatic heterocycles. The average Bonchev–Trinajstić information content (AvgIpc) is 2.03. The van der Waals surface area contributed by atoms with Gasteiger partial charge < -0.3 is 10.2 Å². The summed E-state index contributed by atoms with van der Waals surface area (Å²) in [5, 5.41) is 18.6. The minimum absolute atomic E-state index is 0.0353. The molecule has 0 bridgehead atoms. The van der Waals surface area contributed by atoms with Crippen LogP contribution in [0.15, 0.2) is 18.2 Å². The van der Waals surface area contributed by atoms with Crippen molar-refractivity contribution in [2.45, 2.75) is 11.8 Å². The molecule has 13 heavy (non-hydrogen) atoms. The Balaban J connectivity index is 3.20. The number of hydrogen-bond donors (Lipinski definition) is 2. The fourth-order valence-electron chi connectivity index (χ4n) is 0.980. The number of halogens is 1. The van der Waals surface area contributed by atoms with Crippen molar-refractivity contribution < 1.29 is 15.0 Å². The van der Waals surface area contributed by atoms with Crippen LogP contribution in [-0.2, 0) is 0 Å². The molecule has 0 amide bonds. The highest BCUT2D eigenvalue weighted by molar-refractivity contribution is 9.10. The van der Waals surface area contributed by atoms with Gasteiger partial charge in [0.1, 0.15) is 17.1 Å². The molecule has 0 saturated heterocycles. The second-order valence-corrected chi connectivity index (χ2v) is 4.03. The molecule has 2 N–H and O–H groups in total. The number of carbonyl (C=O) groups excluding carboxylic acids is 1. The summed E-state index contributed by atoms with van der Waals surface area (Å²) < 4.78 is 0. The number of Topliss-reactive ketones (excluding diaryl/α,β-unsaturated/α-hetero) is 1. The van der Waals surface area contributed by atoms with Crippen molar-refractivity contribution in [3.05, 3.63) is 23.8 Å². The lowest BCUT2D eigenvalue weighted by Gasteiger charge is -2.06. The van der Waals surface area contributed by atoms with E-state index in [2.05, 4.69) is 15.9 Å². The number of hydrogen-bond acceptors (Lipinski definition) is 3. The van der Waals surface area contributed by atoms with Crippen LogP contribution in [0.4, 0.5) is 0 Å². The van der Waals surface area contributed by atoms with Crippen LogP contribution < -0.4 is 0 Å². The van der Waals surface area contributed by atoms with E-state index < -0.39 is 4.83 Å². The monoisotopic (exact) mass is 244 g/mol. The maximum absolute atomic E-state index is 11.4. The van der Waals surface area contributed by atoms with Crippen LogP contribution in [0.1, 0.15) is 17.3 Å². The van der Waals surface area contributed by atoms with Crippen molar-refractivity contribution in [2.24, 2.45) is 0 Å². The van der Waals surface area contributed by atoms with Crippen LogP contribution in [0.5, 0.6) is 11.5 Å². The van der Waals surface area contributed by atoms with Crippen molar-refractivity contribution >= 4 is 21.7 Å². The Labute approximate surface area is 84.1 Å². The molecule has 4 heteroatoms. The molecular weight excluding hydrogens is 236 g/mol. The molecule has 1 unspecified atom stereocenters. The van der Waals surface area contributed by atoms with Gasteiger partial charge in [-0.2, -0.15) is 0 Å². The molecule has 0 aliphatic rings. The summed E-state index contributed by atoms with van der Waals surface area (Å²) in [6.45, 7) is 1.63. The highest BCUT2D eigenvalue weighted by Crippen LogP contribution is 2.28. The number of rotatable bonds is 2. The predicted octanol–water partition coefficient (Wildman–Crippen LogP) is 2.06. The van der Waals surface area contributed by atoms with Gasteiger partial charge in [-0.15, -0.1) is 0 Å². The largest absolute Gasteiger partial charge is 0.507 e. The highest BCUT2D eigenvalue weighted by atomic mass is 79.9. The second kappa shape index (κ2) is 3.79. The van der Waals surface area contributed by atoms with E-state index in [0.717, 1.165) is 0 Å². The number of phenols is 2. The molecule has 3 nitrogen and oxygen atoms in total. The first-order valence-corrected chi connectivity index (χ1v) is 4.65. The fourth-order valence-corrected chi connectivity index (χ4v) is 1.21. The van der Waals surface area contributed by atoms with E-state index in [-0.39, 0.29) is 22.8 Å². The maximum Gasteiger partial charge on any atom is 0.183 e. The van der Waals surface area contributed by atoms with Gasteiger partial charge in [0.05, 0.1) is 4.83 Å². The summed E-state index contributed by atoms with van der Waals surface area (Å²) in [5.41, 5.74) is -0.0353. The van der Waals surface area contributed by atoms with Crippen LogP contribution in [0.25, 0.3) is 0 Å². The fraction of sp³-hybridized carbons (Fsp3) is 0.222. The zero-order chi connectivity index (χ0) is 10.0. The quantitative estimate of drug-likeness (QED) is 0.619. The first-order valence-electron chi connectivity index (χ1n) is 3.73. The minimum atomic E-state index is -0.424.